The molecule has 24 heavy (non-hydrogen) atoms. The van der Waals surface area contributed by atoms with Gasteiger partial charge in [-0.25, -0.2) is 4.39 Å². The standard InChI is InChI=1S/C19H18FNO3/c1-2-24-18(23)19(11-12-19)14-5-9-16(10-6-14)21-17(22)13-3-7-15(20)8-4-13/h3-10H,2,11-12H2,1H3,(H,21,22). The maximum atomic E-state index is 12.9. The van der Waals surface area contributed by atoms with Crippen molar-refractivity contribution in [3.05, 3.63) is 65.5 Å². The molecule has 1 fully saturated rings. The fourth-order valence-corrected chi connectivity index (χ4v) is 2.68. The second-order valence-corrected chi connectivity index (χ2v) is 5.84. The van der Waals surface area contributed by atoms with Gasteiger partial charge in [-0.05, 0) is 61.7 Å². The van der Waals surface area contributed by atoms with Crippen molar-refractivity contribution < 1.29 is 18.7 Å². The van der Waals surface area contributed by atoms with Crippen LogP contribution in [0.5, 0.6) is 0 Å². The molecule has 124 valence electrons. The van der Waals surface area contributed by atoms with Gasteiger partial charge >= 0.3 is 5.97 Å². The Kier molecular flexibility index (Phi) is 4.34. The van der Waals surface area contributed by atoms with Crippen LogP contribution >= 0.6 is 0 Å². The summed E-state index contributed by atoms with van der Waals surface area (Å²) >= 11 is 0. The van der Waals surface area contributed by atoms with Crippen molar-refractivity contribution in [1.82, 2.24) is 0 Å². The highest BCUT2D eigenvalue weighted by molar-refractivity contribution is 6.04. The summed E-state index contributed by atoms with van der Waals surface area (Å²) in [6, 6.07) is 12.5. The number of carbonyl (C=O) groups is 2. The average Bonchev–Trinajstić information content (AvgIpc) is 3.38. The molecule has 3 rings (SSSR count). The first kappa shape index (κ1) is 16.2. The normalized spacial score (nSPS) is 14.8. The molecule has 2 aromatic rings. The van der Waals surface area contributed by atoms with E-state index in [1.165, 1.54) is 24.3 Å². The molecule has 0 aliphatic heterocycles. The molecule has 0 spiro atoms. The van der Waals surface area contributed by atoms with E-state index in [9.17, 15) is 14.0 Å². The van der Waals surface area contributed by atoms with Crippen LogP contribution in [0, 0.1) is 5.82 Å². The van der Waals surface area contributed by atoms with Gasteiger partial charge in [0.1, 0.15) is 5.82 Å². The molecule has 5 heteroatoms. The van der Waals surface area contributed by atoms with E-state index in [1.807, 2.05) is 12.1 Å². The van der Waals surface area contributed by atoms with Gasteiger partial charge in [-0.3, -0.25) is 9.59 Å². The Morgan fingerprint density at radius 1 is 1.08 bits per heavy atom. The summed E-state index contributed by atoms with van der Waals surface area (Å²) < 4.78 is 18.0. The van der Waals surface area contributed by atoms with Crippen LogP contribution in [0.4, 0.5) is 10.1 Å². The lowest BCUT2D eigenvalue weighted by Crippen LogP contribution is -2.23. The number of amides is 1. The number of halogens is 1. The molecule has 2 aromatic carbocycles. The van der Waals surface area contributed by atoms with Gasteiger partial charge in [0, 0.05) is 11.3 Å². The van der Waals surface area contributed by atoms with E-state index in [0.717, 1.165) is 18.4 Å². The molecule has 0 bridgehead atoms. The number of ether oxygens (including phenoxy) is 1. The molecule has 0 heterocycles. The molecule has 1 aliphatic carbocycles. The van der Waals surface area contributed by atoms with E-state index in [-0.39, 0.29) is 17.7 Å². The van der Waals surface area contributed by atoms with Gasteiger partial charge < -0.3 is 10.1 Å². The minimum Gasteiger partial charge on any atom is -0.465 e. The third-order valence-corrected chi connectivity index (χ3v) is 4.22. The van der Waals surface area contributed by atoms with E-state index in [0.29, 0.717) is 17.9 Å². The molecule has 1 amide bonds. The van der Waals surface area contributed by atoms with Crippen LogP contribution in [0.1, 0.15) is 35.7 Å². The molecule has 0 aromatic heterocycles. The highest BCUT2D eigenvalue weighted by Crippen LogP contribution is 2.49. The summed E-state index contributed by atoms with van der Waals surface area (Å²) in [5.74, 6) is -0.882. The third kappa shape index (κ3) is 3.15. The first-order valence-electron chi connectivity index (χ1n) is 7.90. The van der Waals surface area contributed by atoms with Crippen molar-refractivity contribution in [2.45, 2.75) is 25.2 Å². The Bertz CT molecular complexity index is 749. The van der Waals surface area contributed by atoms with Gasteiger partial charge in [-0.2, -0.15) is 0 Å². The molecule has 1 aliphatic rings. The highest BCUT2D eigenvalue weighted by atomic mass is 19.1. The van der Waals surface area contributed by atoms with Crippen LogP contribution in [0.25, 0.3) is 0 Å². The van der Waals surface area contributed by atoms with Gasteiger partial charge in [-0.15, -0.1) is 0 Å². The van der Waals surface area contributed by atoms with E-state index in [2.05, 4.69) is 5.32 Å². The van der Waals surface area contributed by atoms with E-state index >= 15 is 0 Å². The van der Waals surface area contributed by atoms with E-state index in [1.54, 1.807) is 19.1 Å². The quantitative estimate of drug-likeness (QED) is 0.853. The van der Waals surface area contributed by atoms with Gasteiger partial charge in [0.15, 0.2) is 0 Å². The third-order valence-electron chi connectivity index (χ3n) is 4.22. The highest BCUT2D eigenvalue weighted by Gasteiger charge is 2.52. The second-order valence-electron chi connectivity index (χ2n) is 5.84. The largest absolute Gasteiger partial charge is 0.465 e. The van der Waals surface area contributed by atoms with Crippen LogP contribution in [-0.4, -0.2) is 18.5 Å². The average molecular weight is 327 g/mol. The predicted molar refractivity (Wildman–Crippen MR) is 88.3 cm³/mol. The SMILES string of the molecule is CCOC(=O)C1(c2ccc(NC(=O)c3ccc(F)cc3)cc2)CC1. The number of hydrogen-bond acceptors (Lipinski definition) is 3. The summed E-state index contributed by atoms with van der Waals surface area (Å²) in [4.78, 5) is 24.2. The van der Waals surface area contributed by atoms with Crippen molar-refractivity contribution in [1.29, 1.82) is 0 Å². The van der Waals surface area contributed by atoms with E-state index in [4.69, 9.17) is 4.74 Å². The van der Waals surface area contributed by atoms with Crippen molar-refractivity contribution >= 4 is 17.6 Å². The van der Waals surface area contributed by atoms with Gasteiger partial charge in [-0.1, -0.05) is 12.1 Å². The Hall–Kier alpha value is -2.69. The molecule has 0 atom stereocenters. The smallest absolute Gasteiger partial charge is 0.316 e. The summed E-state index contributed by atoms with van der Waals surface area (Å²) in [7, 11) is 0. The zero-order valence-electron chi connectivity index (χ0n) is 13.3. The maximum absolute atomic E-state index is 12.9. The Morgan fingerprint density at radius 2 is 1.71 bits per heavy atom. The predicted octanol–water partition coefficient (Wildman–Crippen LogP) is 3.67. The van der Waals surface area contributed by atoms with E-state index < -0.39 is 5.41 Å². The lowest BCUT2D eigenvalue weighted by Gasteiger charge is -2.14. The Labute approximate surface area is 139 Å². The second kappa shape index (κ2) is 6.43. The fraction of sp³-hybridized carbons (Fsp3) is 0.263. The number of esters is 1. The number of rotatable bonds is 5. The minimum atomic E-state index is -0.518. The molecular formula is C19H18FNO3. The van der Waals surface area contributed by atoms with Crippen LogP contribution in [0.15, 0.2) is 48.5 Å². The number of nitrogens with one attached hydrogen (secondary N) is 1. The van der Waals surface area contributed by atoms with Crippen molar-refractivity contribution in [2.75, 3.05) is 11.9 Å². The molecule has 1 saturated carbocycles. The van der Waals surface area contributed by atoms with Gasteiger partial charge in [0.25, 0.3) is 5.91 Å². The zero-order chi connectivity index (χ0) is 17.2. The number of benzene rings is 2. The summed E-state index contributed by atoms with van der Waals surface area (Å²) in [6.45, 7) is 2.16. The topological polar surface area (TPSA) is 55.4 Å². The molecule has 4 nitrogen and oxygen atoms in total. The molecule has 0 unspecified atom stereocenters. The molecule has 1 N–H and O–H groups in total. The molecule has 0 radical (unpaired) electrons. The molecular weight excluding hydrogens is 309 g/mol. The van der Waals surface area contributed by atoms with Crippen LogP contribution in [0.2, 0.25) is 0 Å². The summed E-state index contributed by atoms with van der Waals surface area (Å²) in [6.07, 6.45) is 1.57. The van der Waals surface area contributed by atoms with Crippen molar-refractivity contribution in [3.8, 4) is 0 Å². The zero-order valence-corrected chi connectivity index (χ0v) is 13.3. The Balaban J connectivity index is 1.70. The fourth-order valence-electron chi connectivity index (χ4n) is 2.68. The first-order chi connectivity index (χ1) is 11.5. The van der Waals surface area contributed by atoms with Crippen LogP contribution in [0.3, 0.4) is 0 Å². The minimum absolute atomic E-state index is 0.187. The lowest BCUT2D eigenvalue weighted by atomic mass is 9.96. The Morgan fingerprint density at radius 3 is 2.25 bits per heavy atom. The summed E-state index contributed by atoms with van der Waals surface area (Å²) in [5, 5.41) is 2.75. The maximum Gasteiger partial charge on any atom is 0.316 e. The molecule has 0 saturated heterocycles. The van der Waals surface area contributed by atoms with Gasteiger partial charge in [0.05, 0.1) is 12.0 Å². The van der Waals surface area contributed by atoms with Gasteiger partial charge in [0.2, 0.25) is 0 Å². The van der Waals surface area contributed by atoms with Crippen LogP contribution < -0.4 is 5.32 Å². The monoisotopic (exact) mass is 327 g/mol. The van der Waals surface area contributed by atoms with Crippen LogP contribution in [-0.2, 0) is 14.9 Å². The number of anilines is 1. The lowest BCUT2D eigenvalue weighted by molar-refractivity contribution is -0.146. The summed E-state index contributed by atoms with van der Waals surface area (Å²) in [5.41, 5.74) is 1.38. The van der Waals surface area contributed by atoms with Crippen molar-refractivity contribution in [3.63, 3.8) is 0 Å². The number of carbonyl (C=O) groups excluding carboxylic acids is 2. The first-order valence-corrected chi connectivity index (χ1v) is 7.90. The number of hydrogen-bond donors (Lipinski definition) is 1. The van der Waals surface area contributed by atoms with Crippen molar-refractivity contribution in [2.24, 2.45) is 0 Å².